The number of carbonyl (C=O) groups is 1. The van der Waals surface area contributed by atoms with Crippen molar-refractivity contribution in [1.82, 2.24) is 20.3 Å². The molecular weight excluding hydrogens is 401 g/mol. The highest BCUT2D eigenvalue weighted by molar-refractivity contribution is 7.09. The summed E-state index contributed by atoms with van der Waals surface area (Å²) in [7, 11) is 0. The van der Waals surface area contributed by atoms with Gasteiger partial charge in [-0.25, -0.2) is 9.97 Å². The Morgan fingerprint density at radius 1 is 1.10 bits per heavy atom. The Morgan fingerprint density at radius 3 is 2.52 bits per heavy atom. The van der Waals surface area contributed by atoms with Gasteiger partial charge in [0.1, 0.15) is 5.69 Å². The molecule has 0 fully saturated rings. The number of imidazole rings is 1. The lowest BCUT2D eigenvalue weighted by atomic mass is 9.98. The first kappa shape index (κ1) is 19.1. The van der Waals surface area contributed by atoms with Crippen molar-refractivity contribution in [2.24, 2.45) is 0 Å². The number of benzene rings is 2. The van der Waals surface area contributed by atoms with Crippen LogP contribution in [0, 0.1) is 6.92 Å². The summed E-state index contributed by atoms with van der Waals surface area (Å²) >= 11 is 1.37. The largest absolute Gasteiger partial charge is 0.449 e. The number of amides is 1. The average Bonchev–Trinajstić information content (AvgIpc) is 3.32. The standard InChI is InChI=1S/C20H15F3N4OS/c1-11-24-16(10-29-11)18(28)27-17(12-5-3-2-4-6-12)13-7-8-14-15(9-13)26-19(25-14)20(21,22)23/h2-10,17H,1H3,(H,25,26)(H,27,28). The molecule has 1 atom stereocenters. The summed E-state index contributed by atoms with van der Waals surface area (Å²) in [5.74, 6) is -1.41. The van der Waals surface area contributed by atoms with Gasteiger partial charge in [0, 0.05) is 5.38 Å². The van der Waals surface area contributed by atoms with Gasteiger partial charge in [-0.2, -0.15) is 13.2 Å². The van der Waals surface area contributed by atoms with Crippen LogP contribution < -0.4 is 5.32 Å². The van der Waals surface area contributed by atoms with Gasteiger partial charge in [0.15, 0.2) is 0 Å². The van der Waals surface area contributed by atoms with Crippen molar-refractivity contribution in [2.75, 3.05) is 0 Å². The molecule has 0 saturated heterocycles. The number of aromatic amines is 1. The fourth-order valence-electron chi connectivity index (χ4n) is 3.02. The number of thiazole rings is 1. The van der Waals surface area contributed by atoms with Crippen molar-refractivity contribution in [3.8, 4) is 0 Å². The van der Waals surface area contributed by atoms with Crippen molar-refractivity contribution in [3.05, 3.63) is 81.6 Å². The van der Waals surface area contributed by atoms with Crippen molar-refractivity contribution in [2.45, 2.75) is 19.1 Å². The van der Waals surface area contributed by atoms with Gasteiger partial charge in [-0.1, -0.05) is 36.4 Å². The van der Waals surface area contributed by atoms with Gasteiger partial charge < -0.3 is 10.3 Å². The quantitative estimate of drug-likeness (QED) is 0.499. The minimum atomic E-state index is -4.56. The van der Waals surface area contributed by atoms with E-state index in [1.54, 1.807) is 24.4 Å². The number of H-pyrrole nitrogens is 1. The molecule has 1 amide bonds. The molecule has 4 rings (SSSR count). The normalized spacial score (nSPS) is 12.8. The highest BCUT2D eigenvalue weighted by atomic mass is 32.1. The maximum Gasteiger partial charge on any atom is 0.449 e. The van der Waals surface area contributed by atoms with E-state index in [2.05, 4.69) is 20.3 Å². The molecule has 148 valence electrons. The molecule has 29 heavy (non-hydrogen) atoms. The third-order valence-electron chi connectivity index (χ3n) is 4.37. The van der Waals surface area contributed by atoms with Crippen LogP contribution in [0.5, 0.6) is 0 Å². The number of carbonyl (C=O) groups excluding carboxylic acids is 1. The molecule has 2 aromatic carbocycles. The minimum Gasteiger partial charge on any atom is -0.340 e. The number of hydrogen-bond donors (Lipinski definition) is 2. The number of fused-ring (bicyclic) bond motifs is 1. The molecular formula is C20H15F3N4OS. The van der Waals surface area contributed by atoms with Crippen LogP contribution in [0.3, 0.4) is 0 Å². The van der Waals surface area contributed by atoms with Crippen molar-refractivity contribution in [3.63, 3.8) is 0 Å². The lowest BCUT2D eigenvalue weighted by Gasteiger charge is -2.19. The Morgan fingerprint density at radius 2 is 1.86 bits per heavy atom. The smallest absolute Gasteiger partial charge is 0.340 e. The molecule has 1 unspecified atom stereocenters. The van der Waals surface area contributed by atoms with Crippen LogP contribution in [0.4, 0.5) is 13.2 Å². The zero-order chi connectivity index (χ0) is 20.6. The average molecular weight is 416 g/mol. The Balaban J connectivity index is 1.73. The van der Waals surface area contributed by atoms with E-state index in [0.717, 1.165) is 10.6 Å². The summed E-state index contributed by atoms with van der Waals surface area (Å²) in [5, 5.41) is 5.37. The number of rotatable bonds is 4. The second kappa shape index (κ2) is 7.32. The number of aromatic nitrogens is 3. The molecule has 0 bridgehead atoms. The van der Waals surface area contributed by atoms with Crippen LogP contribution in [0.2, 0.25) is 0 Å². The van der Waals surface area contributed by atoms with E-state index in [-0.39, 0.29) is 16.9 Å². The van der Waals surface area contributed by atoms with Crippen LogP contribution in [0.1, 0.15) is 38.5 Å². The van der Waals surface area contributed by atoms with Gasteiger partial charge in [0.2, 0.25) is 5.82 Å². The maximum absolute atomic E-state index is 13.0. The molecule has 0 aliphatic rings. The summed E-state index contributed by atoms with van der Waals surface area (Å²) < 4.78 is 38.9. The van der Waals surface area contributed by atoms with Gasteiger partial charge in [0.25, 0.3) is 5.91 Å². The molecule has 2 N–H and O–H groups in total. The Labute approximate surface area is 167 Å². The molecule has 0 radical (unpaired) electrons. The molecule has 0 spiro atoms. The number of nitrogens with zero attached hydrogens (tertiary/aromatic N) is 2. The van der Waals surface area contributed by atoms with E-state index in [1.807, 2.05) is 30.3 Å². The second-order valence-electron chi connectivity index (χ2n) is 6.43. The molecule has 0 aliphatic carbocycles. The molecule has 2 heterocycles. The van der Waals surface area contributed by atoms with Crippen LogP contribution >= 0.6 is 11.3 Å². The number of halogens is 3. The number of aryl methyl sites for hydroxylation is 1. The lowest BCUT2D eigenvalue weighted by molar-refractivity contribution is -0.144. The summed E-state index contributed by atoms with van der Waals surface area (Å²) in [5.41, 5.74) is 2.17. The molecule has 2 aromatic heterocycles. The van der Waals surface area contributed by atoms with E-state index in [9.17, 15) is 18.0 Å². The molecule has 5 nitrogen and oxygen atoms in total. The Kier molecular flexibility index (Phi) is 4.83. The van der Waals surface area contributed by atoms with Crippen molar-refractivity contribution < 1.29 is 18.0 Å². The molecule has 0 aliphatic heterocycles. The topological polar surface area (TPSA) is 70.7 Å². The number of nitrogens with one attached hydrogen (secondary N) is 2. The fraction of sp³-hybridized carbons (Fsp3) is 0.150. The lowest BCUT2D eigenvalue weighted by Crippen LogP contribution is -2.29. The highest BCUT2D eigenvalue weighted by Gasteiger charge is 2.34. The SMILES string of the molecule is Cc1nc(C(=O)NC(c2ccccc2)c2ccc3nc(C(F)(F)F)[nH]c3c2)cs1. The predicted octanol–water partition coefficient (Wildman–Crippen LogP) is 4.87. The summed E-state index contributed by atoms with van der Waals surface area (Å²) in [6.07, 6.45) is -4.56. The Hall–Kier alpha value is -3.20. The maximum atomic E-state index is 13.0. The molecule has 9 heteroatoms. The van der Waals surface area contributed by atoms with Gasteiger partial charge in [-0.15, -0.1) is 11.3 Å². The monoisotopic (exact) mass is 416 g/mol. The van der Waals surface area contributed by atoms with Crippen molar-refractivity contribution >= 4 is 28.3 Å². The first-order chi connectivity index (χ1) is 13.8. The summed E-state index contributed by atoms with van der Waals surface area (Å²) in [4.78, 5) is 22.8. The summed E-state index contributed by atoms with van der Waals surface area (Å²) in [6, 6.07) is 13.4. The number of hydrogen-bond acceptors (Lipinski definition) is 4. The Bertz CT molecular complexity index is 1170. The fourth-order valence-corrected chi connectivity index (χ4v) is 3.61. The van der Waals surface area contributed by atoms with E-state index in [4.69, 9.17) is 0 Å². The van der Waals surface area contributed by atoms with Gasteiger partial charge in [-0.3, -0.25) is 4.79 Å². The van der Waals surface area contributed by atoms with Gasteiger partial charge >= 0.3 is 6.18 Å². The van der Waals surface area contributed by atoms with Gasteiger partial charge in [0.05, 0.1) is 22.1 Å². The van der Waals surface area contributed by atoms with E-state index < -0.39 is 18.0 Å². The highest BCUT2D eigenvalue weighted by Crippen LogP contribution is 2.30. The van der Waals surface area contributed by atoms with E-state index in [1.165, 1.54) is 17.4 Å². The first-order valence-electron chi connectivity index (χ1n) is 8.66. The van der Waals surface area contributed by atoms with E-state index >= 15 is 0 Å². The third kappa shape index (κ3) is 4.00. The van der Waals surface area contributed by atoms with Gasteiger partial charge in [-0.05, 0) is 30.2 Å². The third-order valence-corrected chi connectivity index (χ3v) is 5.14. The van der Waals surface area contributed by atoms with Crippen molar-refractivity contribution in [1.29, 1.82) is 0 Å². The van der Waals surface area contributed by atoms with Crippen LogP contribution in [-0.4, -0.2) is 20.9 Å². The first-order valence-corrected chi connectivity index (χ1v) is 9.54. The van der Waals surface area contributed by atoms with Crippen LogP contribution in [-0.2, 0) is 6.18 Å². The predicted molar refractivity (Wildman–Crippen MR) is 104 cm³/mol. The zero-order valence-electron chi connectivity index (χ0n) is 15.1. The molecule has 0 saturated carbocycles. The minimum absolute atomic E-state index is 0.203. The van der Waals surface area contributed by atoms with Crippen LogP contribution in [0.15, 0.2) is 53.9 Å². The zero-order valence-corrected chi connectivity index (χ0v) is 15.9. The molecule has 4 aromatic rings. The number of alkyl halides is 3. The summed E-state index contributed by atoms with van der Waals surface area (Å²) in [6.45, 7) is 1.81. The second-order valence-corrected chi connectivity index (χ2v) is 7.49. The van der Waals surface area contributed by atoms with Crippen LogP contribution in [0.25, 0.3) is 11.0 Å². The van der Waals surface area contributed by atoms with E-state index in [0.29, 0.717) is 11.3 Å².